The van der Waals surface area contributed by atoms with Crippen molar-refractivity contribution in [2.75, 3.05) is 46.3 Å². The van der Waals surface area contributed by atoms with Crippen LogP contribution in [-0.4, -0.2) is 79.7 Å². The van der Waals surface area contributed by atoms with Crippen molar-refractivity contribution in [2.45, 2.75) is 31.6 Å². The van der Waals surface area contributed by atoms with E-state index in [1.807, 2.05) is 11.8 Å². The van der Waals surface area contributed by atoms with Gasteiger partial charge in [0.15, 0.2) is 0 Å². The molecule has 3 heterocycles. The number of carbonyl (C=O) groups excluding carboxylic acids is 1. The molecule has 0 atom stereocenters. The molecule has 8 heteroatoms. The van der Waals surface area contributed by atoms with E-state index in [1.54, 1.807) is 22.5 Å². The Kier molecular flexibility index (Phi) is 5.44. The van der Waals surface area contributed by atoms with Crippen molar-refractivity contribution in [3.05, 3.63) is 29.5 Å². The van der Waals surface area contributed by atoms with E-state index in [1.165, 1.54) is 0 Å². The Balaban J connectivity index is 1.63. The van der Waals surface area contributed by atoms with E-state index < -0.39 is 10.0 Å². The number of piperidine rings is 1. The molecule has 0 aliphatic carbocycles. The molecule has 0 bridgehead atoms. The largest absolute Gasteiger partial charge is 0.350 e. The zero-order valence-electron chi connectivity index (χ0n) is 17.4. The summed E-state index contributed by atoms with van der Waals surface area (Å²) in [5, 5.41) is 0.800. The Morgan fingerprint density at radius 2 is 1.72 bits per heavy atom. The zero-order chi connectivity index (χ0) is 20.8. The topological polar surface area (TPSA) is 76.7 Å². The fraction of sp³-hybridized carbons (Fsp3) is 0.571. The standard InChI is InChI=1S/C21H30N4O3S/c1-15-6-8-25(9-7-15)29(27,28)17-4-5-19-18(14-17)16(2)20(22-19)21(26)24-12-10-23(3)11-13-24/h4-5,14-15,22H,6-13H2,1-3H3. The van der Waals surface area contributed by atoms with E-state index in [9.17, 15) is 13.2 Å². The Bertz CT molecular complexity index is 1010. The van der Waals surface area contributed by atoms with E-state index in [-0.39, 0.29) is 5.91 Å². The monoisotopic (exact) mass is 418 g/mol. The molecule has 0 spiro atoms. The molecule has 2 aliphatic heterocycles. The molecule has 2 saturated heterocycles. The number of H-pyrrole nitrogens is 1. The van der Waals surface area contributed by atoms with Gasteiger partial charge in [-0.1, -0.05) is 6.92 Å². The minimum atomic E-state index is -3.51. The first-order chi connectivity index (χ1) is 13.8. The molecule has 2 aromatic rings. The Hall–Kier alpha value is -1.90. The van der Waals surface area contributed by atoms with Crippen molar-refractivity contribution < 1.29 is 13.2 Å². The molecule has 2 aliphatic rings. The second kappa shape index (κ2) is 7.74. The summed E-state index contributed by atoms with van der Waals surface area (Å²) in [6, 6.07) is 5.15. The first kappa shape index (κ1) is 20.4. The van der Waals surface area contributed by atoms with Crippen LogP contribution in [0, 0.1) is 12.8 Å². The number of hydrogen-bond acceptors (Lipinski definition) is 4. The fourth-order valence-electron chi connectivity index (χ4n) is 4.22. The van der Waals surface area contributed by atoms with Crippen LogP contribution >= 0.6 is 0 Å². The van der Waals surface area contributed by atoms with Crippen molar-refractivity contribution in [3.8, 4) is 0 Å². The minimum absolute atomic E-state index is 0.0128. The quantitative estimate of drug-likeness (QED) is 0.830. The number of fused-ring (bicyclic) bond motifs is 1. The highest BCUT2D eigenvalue weighted by atomic mass is 32.2. The van der Waals surface area contributed by atoms with Gasteiger partial charge < -0.3 is 14.8 Å². The molecule has 1 amide bonds. The van der Waals surface area contributed by atoms with E-state index >= 15 is 0 Å². The molecular formula is C21H30N4O3S. The van der Waals surface area contributed by atoms with Gasteiger partial charge in [0.05, 0.1) is 4.90 Å². The fourth-order valence-corrected chi connectivity index (χ4v) is 5.72. The first-order valence-electron chi connectivity index (χ1n) is 10.4. The van der Waals surface area contributed by atoms with Crippen LogP contribution in [0.3, 0.4) is 0 Å². The Labute approximate surface area is 172 Å². The van der Waals surface area contributed by atoms with Gasteiger partial charge in [-0.05, 0) is 56.5 Å². The van der Waals surface area contributed by atoms with Gasteiger partial charge in [0, 0.05) is 50.2 Å². The number of likely N-dealkylation sites (N-methyl/N-ethyl adjacent to an activating group) is 1. The molecule has 0 saturated carbocycles. The highest BCUT2D eigenvalue weighted by Gasteiger charge is 2.29. The minimum Gasteiger partial charge on any atom is -0.350 e. The van der Waals surface area contributed by atoms with Crippen LogP contribution in [0.1, 0.15) is 35.8 Å². The normalized spacial score (nSPS) is 20.4. The number of sulfonamides is 1. The summed E-state index contributed by atoms with van der Waals surface area (Å²) < 4.78 is 27.8. The lowest BCUT2D eigenvalue weighted by atomic mass is 10.0. The van der Waals surface area contributed by atoms with Crippen molar-refractivity contribution in [3.63, 3.8) is 0 Å². The third-order valence-electron chi connectivity index (χ3n) is 6.41. The number of nitrogens with zero attached hydrogens (tertiary/aromatic N) is 3. The van der Waals surface area contributed by atoms with Crippen LogP contribution in [0.4, 0.5) is 0 Å². The number of carbonyl (C=O) groups is 1. The highest BCUT2D eigenvalue weighted by molar-refractivity contribution is 7.89. The molecular weight excluding hydrogens is 388 g/mol. The molecule has 0 unspecified atom stereocenters. The summed E-state index contributed by atoms with van der Waals surface area (Å²) in [5.74, 6) is 0.556. The summed E-state index contributed by atoms with van der Waals surface area (Å²) in [7, 11) is -1.46. The lowest BCUT2D eigenvalue weighted by Crippen LogP contribution is -2.47. The highest BCUT2D eigenvalue weighted by Crippen LogP contribution is 2.29. The number of aryl methyl sites for hydroxylation is 1. The summed E-state index contributed by atoms with van der Waals surface area (Å²) in [6.07, 6.45) is 1.79. The summed E-state index contributed by atoms with van der Waals surface area (Å²) in [6.45, 7) is 8.33. The third-order valence-corrected chi connectivity index (χ3v) is 8.31. The second-order valence-electron chi connectivity index (χ2n) is 8.51. The number of aromatic nitrogens is 1. The Morgan fingerprint density at radius 1 is 1.07 bits per heavy atom. The predicted molar refractivity (Wildman–Crippen MR) is 114 cm³/mol. The van der Waals surface area contributed by atoms with Crippen molar-refractivity contribution in [2.24, 2.45) is 5.92 Å². The van der Waals surface area contributed by atoms with Gasteiger partial charge in [-0.3, -0.25) is 4.79 Å². The van der Waals surface area contributed by atoms with Crippen LogP contribution in [0.2, 0.25) is 0 Å². The number of piperazine rings is 1. The molecule has 1 N–H and O–H groups in total. The third kappa shape index (κ3) is 3.81. The van der Waals surface area contributed by atoms with Crippen molar-refractivity contribution in [1.82, 2.24) is 19.1 Å². The van der Waals surface area contributed by atoms with Crippen LogP contribution in [-0.2, 0) is 10.0 Å². The maximum Gasteiger partial charge on any atom is 0.270 e. The lowest BCUT2D eigenvalue weighted by Gasteiger charge is -2.32. The number of rotatable bonds is 3. The van der Waals surface area contributed by atoms with Crippen LogP contribution in [0.15, 0.2) is 23.1 Å². The summed E-state index contributed by atoms with van der Waals surface area (Å²) in [4.78, 5) is 20.6. The lowest BCUT2D eigenvalue weighted by molar-refractivity contribution is 0.0658. The van der Waals surface area contributed by atoms with Gasteiger partial charge in [-0.15, -0.1) is 0 Å². The van der Waals surface area contributed by atoms with Gasteiger partial charge in [0.1, 0.15) is 5.69 Å². The maximum absolute atomic E-state index is 13.1. The van der Waals surface area contributed by atoms with Crippen LogP contribution in [0.25, 0.3) is 10.9 Å². The second-order valence-corrected chi connectivity index (χ2v) is 10.5. The Morgan fingerprint density at radius 3 is 2.38 bits per heavy atom. The molecule has 0 radical (unpaired) electrons. The van der Waals surface area contributed by atoms with Crippen molar-refractivity contribution in [1.29, 1.82) is 0 Å². The SMILES string of the molecule is Cc1c(C(=O)N2CCN(C)CC2)[nH]c2ccc(S(=O)(=O)N3CCC(C)CC3)cc12. The number of aromatic amines is 1. The number of nitrogens with one attached hydrogen (secondary N) is 1. The molecule has 2 fully saturated rings. The number of hydrogen-bond donors (Lipinski definition) is 1. The first-order valence-corrected chi connectivity index (χ1v) is 11.8. The summed E-state index contributed by atoms with van der Waals surface area (Å²) in [5.41, 5.74) is 2.17. The molecule has 1 aromatic carbocycles. The van der Waals surface area contributed by atoms with E-state index in [0.29, 0.717) is 42.7 Å². The average Bonchev–Trinajstić information content (AvgIpc) is 3.04. The van der Waals surface area contributed by atoms with Gasteiger partial charge in [0.2, 0.25) is 10.0 Å². The molecule has 1 aromatic heterocycles. The molecule has 158 valence electrons. The van der Waals surface area contributed by atoms with E-state index in [0.717, 1.165) is 42.4 Å². The summed E-state index contributed by atoms with van der Waals surface area (Å²) >= 11 is 0. The van der Waals surface area contributed by atoms with Gasteiger partial charge in [0.25, 0.3) is 5.91 Å². The van der Waals surface area contributed by atoms with E-state index in [2.05, 4.69) is 23.9 Å². The van der Waals surface area contributed by atoms with Gasteiger partial charge in [-0.25, -0.2) is 8.42 Å². The molecule has 4 rings (SSSR count). The molecule has 29 heavy (non-hydrogen) atoms. The zero-order valence-corrected chi connectivity index (χ0v) is 18.3. The smallest absolute Gasteiger partial charge is 0.270 e. The van der Waals surface area contributed by atoms with Crippen molar-refractivity contribution >= 4 is 26.8 Å². The number of amides is 1. The van der Waals surface area contributed by atoms with Crippen LogP contribution in [0.5, 0.6) is 0 Å². The van der Waals surface area contributed by atoms with Gasteiger partial charge >= 0.3 is 0 Å². The predicted octanol–water partition coefficient (Wildman–Crippen LogP) is 2.28. The molecule has 7 nitrogen and oxygen atoms in total. The average molecular weight is 419 g/mol. The van der Waals surface area contributed by atoms with E-state index in [4.69, 9.17) is 0 Å². The maximum atomic E-state index is 13.1. The van der Waals surface area contributed by atoms with Crippen LogP contribution < -0.4 is 0 Å². The van der Waals surface area contributed by atoms with Gasteiger partial charge in [-0.2, -0.15) is 4.31 Å². The number of benzene rings is 1.